The number of nitrogens with one attached hydrogen (secondary N) is 2. The summed E-state index contributed by atoms with van der Waals surface area (Å²) in [7, 11) is 0. The van der Waals surface area contributed by atoms with E-state index >= 15 is 0 Å². The Bertz CT molecular complexity index is 720. The molecule has 3 heteroatoms. The van der Waals surface area contributed by atoms with Gasteiger partial charge in [0.2, 0.25) is 5.91 Å². The Labute approximate surface area is 163 Å². The van der Waals surface area contributed by atoms with Crippen molar-refractivity contribution in [2.45, 2.75) is 64.6 Å². The van der Waals surface area contributed by atoms with Crippen molar-refractivity contribution in [3.8, 4) is 0 Å². The van der Waals surface area contributed by atoms with E-state index in [1.807, 2.05) is 30.3 Å². The molecule has 0 unspecified atom stereocenters. The molecule has 0 spiro atoms. The molecule has 0 aromatic heterocycles. The lowest BCUT2D eigenvalue weighted by molar-refractivity contribution is -0.123. The highest BCUT2D eigenvalue weighted by molar-refractivity contribution is 5.83. The van der Waals surface area contributed by atoms with Gasteiger partial charge in [0.05, 0.1) is 0 Å². The molecule has 0 saturated heterocycles. The van der Waals surface area contributed by atoms with Gasteiger partial charge in [0, 0.05) is 12.1 Å². The normalized spacial score (nSPS) is 16.1. The Balaban J connectivity index is 1.82. The second-order valence-corrected chi connectivity index (χ2v) is 8.01. The van der Waals surface area contributed by atoms with Crippen LogP contribution in [0.2, 0.25) is 0 Å². The fraction of sp³-hybridized carbons (Fsp3) is 0.458. The monoisotopic (exact) mass is 364 g/mol. The van der Waals surface area contributed by atoms with Gasteiger partial charge in [-0.25, -0.2) is 0 Å². The highest BCUT2D eigenvalue weighted by Gasteiger charge is 2.30. The van der Waals surface area contributed by atoms with Gasteiger partial charge in [-0.2, -0.15) is 0 Å². The van der Waals surface area contributed by atoms with Crippen LogP contribution in [-0.4, -0.2) is 11.9 Å². The van der Waals surface area contributed by atoms with Crippen molar-refractivity contribution >= 4 is 5.91 Å². The van der Waals surface area contributed by atoms with Crippen molar-refractivity contribution in [3.05, 3.63) is 71.3 Å². The van der Waals surface area contributed by atoms with Crippen LogP contribution in [0.15, 0.2) is 54.6 Å². The van der Waals surface area contributed by atoms with Crippen molar-refractivity contribution < 1.29 is 4.79 Å². The maximum Gasteiger partial charge on any atom is 0.241 e. The third-order valence-corrected chi connectivity index (χ3v) is 5.21. The standard InChI is InChI=1S/C24H32N2O/c1-4-8-18-11-13-20(14-12-18)22(17(2)3)26-23(19-9-6-5-7-10-19)24(27)25-21-15-16-21/h5-7,9-14,17,21-23,26H,4,8,15-16H2,1-3H3,(H,25,27)/t22-,23-/m1/s1. The molecule has 2 atom stereocenters. The zero-order valence-corrected chi connectivity index (χ0v) is 16.7. The van der Waals surface area contributed by atoms with Gasteiger partial charge in [-0.3, -0.25) is 10.1 Å². The molecule has 1 amide bonds. The smallest absolute Gasteiger partial charge is 0.241 e. The molecule has 0 radical (unpaired) electrons. The summed E-state index contributed by atoms with van der Waals surface area (Å²) in [5, 5.41) is 6.83. The maximum atomic E-state index is 12.9. The molecule has 1 fully saturated rings. The summed E-state index contributed by atoms with van der Waals surface area (Å²) in [6, 6.07) is 19.1. The lowest BCUT2D eigenvalue weighted by atomic mass is 9.92. The third kappa shape index (κ3) is 5.43. The number of benzene rings is 2. The average Bonchev–Trinajstić information content (AvgIpc) is 3.48. The van der Waals surface area contributed by atoms with Crippen LogP contribution >= 0.6 is 0 Å². The van der Waals surface area contributed by atoms with E-state index in [-0.39, 0.29) is 18.0 Å². The first-order valence-electron chi connectivity index (χ1n) is 10.3. The predicted molar refractivity (Wildman–Crippen MR) is 111 cm³/mol. The molecule has 1 aliphatic rings. The van der Waals surface area contributed by atoms with Crippen molar-refractivity contribution in [2.75, 3.05) is 0 Å². The molecule has 2 N–H and O–H groups in total. The number of amides is 1. The summed E-state index contributed by atoms with van der Waals surface area (Å²) < 4.78 is 0. The zero-order valence-electron chi connectivity index (χ0n) is 16.7. The molecule has 3 rings (SSSR count). The van der Waals surface area contributed by atoms with Crippen molar-refractivity contribution in [1.29, 1.82) is 0 Å². The summed E-state index contributed by atoms with van der Waals surface area (Å²) in [6.07, 6.45) is 4.46. The maximum absolute atomic E-state index is 12.9. The Hall–Kier alpha value is -2.13. The third-order valence-electron chi connectivity index (χ3n) is 5.21. The molecule has 3 nitrogen and oxygen atoms in total. The summed E-state index contributed by atoms with van der Waals surface area (Å²) in [5.41, 5.74) is 3.63. The molecular formula is C24H32N2O. The molecule has 27 heavy (non-hydrogen) atoms. The van der Waals surface area contributed by atoms with Crippen LogP contribution in [-0.2, 0) is 11.2 Å². The van der Waals surface area contributed by atoms with E-state index in [1.54, 1.807) is 0 Å². The van der Waals surface area contributed by atoms with Crippen LogP contribution in [0, 0.1) is 5.92 Å². The lowest BCUT2D eigenvalue weighted by Gasteiger charge is -2.29. The van der Waals surface area contributed by atoms with Crippen molar-refractivity contribution in [3.63, 3.8) is 0 Å². The van der Waals surface area contributed by atoms with Crippen LogP contribution in [0.3, 0.4) is 0 Å². The van der Waals surface area contributed by atoms with E-state index in [0.717, 1.165) is 31.2 Å². The fourth-order valence-electron chi connectivity index (χ4n) is 3.51. The van der Waals surface area contributed by atoms with Crippen LogP contribution in [0.1, 0.15) is 68.8 Å². The van der Waals surface area contributed by atoms with Crippen LogP contribution < -0.4 is 10.6 Å². The molecule has 0 aliphatic heterocycles. The minimum atomic E-state index is -0.338. The van der Waals surface area contributed by atoms with Gasteiger partial charge >= 0.3 is 0 Å². The van der Waals surface area contributed by atoms with Gasteiger partial charge in [-0.05, 0) is 41.9 Å². The molecule has 144 valence electrons. The Morgan fingerprint density at radius 2 is 1.67 bits per heavy atom. The molecule has 2 aromatic carbocycles. The number of hydrogen-bond acceptors (Lipinski definition) is 2. The number of rotatable bonds is 9. The van der Waals surface area contributed by atoms with Gasteiger partial charge in [-0.15, -0.1) is 0 Å². The number of aryl methyl sites for hydroxylation is 1. The molecule has 0 bridgehead atoms. The summed E-state index contributed by atoms with van der Waals surface area (Å²) in [4.78, 5) is 12.9. The lowest BCUT2D eigenvalue weighted by Crippen LogP contribution is -2.41. The van der Waals surface area contributed by atoms with Gasteiger partial charge in [0.1, 0.15) is 6.04 Å². The van der Waals surface area contributed by atoms with Gasteiger partial charge in [0.15, 0.2) is 0 Å². The Morgan fingerprint density at radius 3 is 2.22 bits per heavy atom. The largest absolute Gasteiger partial charge is 0.352 e. The van der Waals surface area contributed by atoms with Gasteiger partial charge < -0.3 is 5.32 Å². The van der Waals surface area contributed by atoms with Crippen molar-refractivity contribution in [2.24, 2.45) is 5.92 Å². The second-order valence-electron chi connectivity index (χ2n) is 8.01. The fourth-order valence-corrected chi connectivity index (χ4v) is 3.51. The Morgan fingerprint density at radius 1 is 1.00 bits per heavy atom. The number of carbonyl (C=O) groups is 1. The van der Waals surface area contributed by atoms with E-state index < -0.39 is 0 Å². The van der Waals surface area contributed by atoms with Gasteiger partial charge in [0.25, 0.3) is 0 Å². The minimum Gasteiger partial charge on any atom is -0.352 e. The predicted octanol–water partition coefficient (Wildman–Crippen LogP) is 4.95. The van der Waals surface area contributed by atoms with E-state index in [4.69, 9.17) is 0 Å². The molecule has 2 aromatic rings. The van der Waals surface area contributed by atoms with Crippen LogP contribution in [0.25, 0.3) is 0 Å². The molecule has 1 aliphatic carbocycles. The van der Waals surface area contributed by atoms with E-state index in [0.29, 0.717) is 12.0 Å². The first-order valence-corrected chi connectivity index (χ1v) is 10.3. The first kappa shape index (κ1) is 19.6. The minimum absolute atomic E-state index is 0.0805. The SMILES string of the molecule is CCCc1ccc([C@H](N[C@@H](C(=O)NC2CC2)c2ccccc2)C(C)C)cc1. The van der Waals surface area contributed by atoms with Crippen LogP contribution in [0.4, 0.5) is 0 Å². The molecule has 0 heterocycles. The van der Waals surface area contributed by atoms with E-state index in [1.165, 1.54) is 11.1 Å². The van der Waals surface area contributed by atoms with Gasteiger partial charge in [-0.1, -0.05) is 81.8 Å². The topological polar surface area (TPSA) is 41.1 Å². The zero-order chi connectivity index (χ0) is 19.2. The number of hydrogen-bond donors (Lipinski definition) is 2. The highest BCUT2D eigenvalue weighted by Crippen LogP contribution is 2.28. The second kappa shape index (κ2) is 9.18. The first-order chi connectivity index (χ1) is 13.1. The highest BCUT2D eigenvalue weighted by atomic mass is 16.2. The van der Waals surface area contributed by atoms with Crippen LogP contribution in [0.5, 0.6) is 0 Å². The average molecular weight is 365 g/mol. The van der Waals surface area contributed by atoms with E-state index in [2.05, 4.69) is 55.7 Å². The van der Waals surface area contributed by atoms with Crippen molar-refractivity contribution in [1.82, 2.24) is 10.6 Å². The summed E-state index contributed by atoms with van der Waals surface area (Å²) >= 11 is 0. The number of carbonyl (C=O) groups excluding carboxylic acids is 1. The summed E-state index contributed by atoms with van der Waals surface area (Å²) in [5.74, 6) is 0.457. The quantitative estimate of drug-likeness (QED) is 0.661. The molecular weight excluding hydrogens is 332 g/mol. The summed E-state index contributed by atoms with van der Waals surface area (Å²) in [6.45, 7) is 6.62. The Kier molecular flexibility index (Phi) is 6.68. The molecule has 1 saturated carbocycles. The van der Waals surface area contributed by atoms with E-state index in [9.17, 15) is 4.79 Å².